The number of likely N-dealkylation sites (tertiary alicyclic amines) is 1. The van der Waals surface area contributed by atoms with E-state index in [2.05, 4.69) is 21.3 Å². The zero-order chi connectivity index (χ0) is 32.8. The fourth-order valence-electron chi connectivity index (χ4n) is 5.05. The highest BCUT2D eigenvalue weighted by atomic mass is 16.5. The molecule has 244 valence electrons. The number of methoxy groups -OCH3 is 1. The molecule has 1 aromatic rings. The fraction of sp³-hybridized carbons (Fsp3) is 0.600. The average molecular weight is 619 g/mol. The van der Waals surface area contributed by atoms with Crippen LogP contribution in [0.2, 0.25) is 0 Å². The number of rotatable bonds is 15. The fourth-order valence-corrected chi connectivity index (χ4v) is 5.05. The summed E-state index contributed by atoms with van der Waals surface area (Å²) in [7, 11) is 1.33. The highest BCUT2D eigenvalue weighted by Gasteiger charge is 2.33. The number of urea groups is 1. The summed E-state index contributed by atoms with van der Waals surface area (Å²) in [5.41, 5.74) is 6.43. The standard InChI is InChI=1S/C30H46N6O8/c1-18(2)26(28(41)34-24(38)11-12-25(39)36-15-13-21(16-19(36)3)29(42)44-4)35-27(40)23(6-5-14-32-30(31)43)33-22-9-7-20(17-37)8-10-22/h7-10,18-19,21,23,26,33,37H,5-6,11-17H2,1-4H3,(H,35,40)(H3,31,32,43)(H,34,38,41)/t19?,21?,23-,26-/m0/s1. The van der Waals surface area contributed by atoms with Gasteiger partial charge in [-0.2, -0.15) is 0 Å². The summed E-state index contributed by atoms with van der Waals surface area (Å²) in [6.45, 7) is 5.78. The van der Waals surface area contributed by atoms with Crippen LogP contribution in [0.3, 0.4) is 0 Å². The number of carbonyl (C=O) groups is 6. The Morgan fingerprint density at radius 1 is 1.07 bits per heavy atom. The van der Waals surface area contributed by atoms with E-state index in [4.69, 9.17) is 10.5 Å². The second-order valence-electron chi connectivity index (χ2n) is 11.3. The maximum absolute atomic E-state index is 13.3. The predicted octanol–water partition coefficient (Wildman–Crippen LogP) is 0.772. The van der Waals surface area contributed by atoms with Crippen molar-refractivity contribution in [2.24, 2.45) is 17.6 Å². The minimum absolute atomic E-state index is 0.106. The molecule has 1 fully saturated rings. The number of amides is 6. The summed E-state index contributed by atoms with van der Waals surface area (Å²) >= 11 is 0. The van der Waals surface area contributed by atoms with E-state index in [1.54, 1.807) is 43.0 Å². The molecule has 14 nitrogen and oxygen atoms in total. The molecule has 7 N–H and O–H groups in total. The van der Waals surface area contributed by atoms with Crippen LogP contribution in [0.4, 0.5) is 10.5 Å². The number of ether oxygens (including phenoxy) is 1. The third-order valence-corrected chi connectivity index (χ3v) is 7.57. The Labute approximate surface area is 257 Å². The van der Waals surface area contributed by atoms with Crippen molar-refractivity contribution in [2.45, 2.75) is 84.0 Å². The van der Waals surface area contributed by atoms with E-state index in [0.717, 1.165) is 0 Å². The van der Waals surface area contributed by atoms with Crippen molar-refractivity contribution in [3.05, 3.63) is 29.8 Å². The van der Waals surface area contributed by atoms with Gasteiger partial charge in [0.2, 0.25) is 23.6 Å². The molecule has 44 heavy (non-hydrogen) atoms. The van der Waals surface area contributed by atoms with Gasteiger partial charge in [0.25, 0.3) is 0 Å². The Kier molecular flexibility index (Phi) is 14.6. The Morgan fingerprint density at radius 2 is 1.75 bits per heavy atom. The van der Waals surface area contributed by atoms with Gasteiger partial charge < -0.3 is 36.4 Å². The number of carbonyl (C=O) groups excluding carboxylic acids is 6. The molecule has 0 aromatic heterocycles. The van der Waals surface area contributed by atoms with Crippen LogP contribution in [-0.2, 0) is 35.3 Å². The van der Waals surface area contributed by atoms with Gasteiger partial charge >= 0.3 is 12.0 Å². The number of primary amides is 1. The molecule has 0 radical (unpaired) electrons. The van der Waals surface area contributed by atoms with E-state index in [-0.39, 0.29) is 62.2 Å². The van der Waals surface area contributed by atoms with Gasteiger partial charge in [0, 0.05) is 37.7 Å². The summed E-state index contributed by atoms with van der Waals surface area (Å²) in [6, 6.07) is 4.13. The maximum atomic E-state index is 13.3. The molecule has 14 heteroatoms. The van der Waals surface area contributed by atoms with E-state index in [0.29, 0.717) is 37.1 Å². The molecule has 0 bridgehead atoms. The van der Waals surface area contributed by atoms with Crippen LogP contribution in [0.1, 0.15) is 64.9 Å². The first kappa shape index (κ1) is 36.0. The molecule has 2 unspecified atom stereocenters. The van der Waals surface area contributed by atoms with E-state index in [1.807, 2.05) is 6.92 Å². The lowest BCUT2D eigenvalue weighted by atomic mass is 9.91. The predicted molar refractivity (Wildman–Crippen MR) is 162 cm³/mol. The number of aliphatic hydroxyl groups excluding tert-OH is 1. The smallest absolute Gasteiger partial charge is 0.312 e. The molecule has 6 amide bonds. The van der Waals surface area contributed by atoms with Crippen molar-refractivity contribution in [1.29, 1.82) is 0 Å². The summed E-state index contributed by atoms with van der Waals surface area (Å²) in [5.74, 6) is -3.01. The molecule has 1 heterocycles. The molecule has 1 aromatic carbocycles. The topological polar surface area (TPSA) is 209 Å². The van der Waals surface area contributed by atoms with Crippen LogP contribution >= 0.6 is 0 Å². The van der Waals surface area contributed by atoms with Crippen LogP contribution < -0.4 is 27.0 Å². The van der Waals surface area contributed by atoms with Gasteiger partial charge in [-0.3, -0.25) is 29.3 Å². The van der Waals surface area contributed by atoms with Crippen LogP contribution in [0, 0.1) is 11.8 Å². The largest absolute Gasteiger partial charge is 0.469 e. The number of piperidine rings is 1. The molecule has 0 aliphatic carbocycles. The summed E-state index contributed by atoms with van der Waals surface area (Å²) < 4.78 is 4.80. The summed E-state index contributed by atoms with van der Waals surface area (Å²) in [6.07, 6.45) is 1.34. The van der Waals surface area contributed by atoms with E-state index in [1.165, 1.54) is 7.11 Å². The Balaban J connectivity index is 1.97. The second kappa shape index (κ2) is 17.8. The number of nitrogens with two attached hydrogens (primary N) is 1. The summed E-state index contributed by atoms with van der Waals surface area (Å²) in [4.78, 5) is 76.3. The SMILES string of the molecule is COC(=O)C1CCN(C(=O)CCC(=O)NC(=O)[C@@H](NC(=O)[C@H](CCCNC(N)=O)Nc2ccc(CO)cc2)C(C)C)C(C)C1. The molecule has 1 saturated heterocycles. The number of hydrogen-bond donors (Lipinski definition) is 6. The van der Waals surface area contributed by atoms with Crippen LogP contribution in [0.5, 0.6) is 0 Å². The molecule has 0 spiro atoms. The van der Waals surface area contributed by atoms with Crippen LogP contribution in [0.25, 0.3) is 0 Å². The third kappa shape index (κ3) is 11.5. The van der Waals surface area contributed by atoms with E-state index < -0.39 is 35.8 Å². The Bertz CT molecular complexity index is 1160. The van der Waals surface area contributed by atoms with Crippen molar-refractivity contribution in [3.8, 4) is 0 Å². The minimum Gasteiger partial charge on any atom is -0.469 e. The lowest BCUT2D eigenvalue weighted by Crippen LogP contribution is -2.54. The quantitative estimate of drug-likeness (QED) is 0.121. The number of nitrogens with zero attached hydrogens (tertiary/aromatic N) is 1. The monoisotopic (exact) mass is 618 g/mol. The Morgan fingerprint density at radius 3 is 2.32 bits per heavy atom. The van der Waals surface area contributed by atoms with Crippen molar-refractivity contribution >= 4 is 41.3 Å². The van der Waals surface area contributed by atoms with Gasteiger partial charge in [0.05, 0.1) is 19.6 Å². The van der Waals surface area contributed by atoms with Gasteiger partial charge in [-0.15, -0.1) is 0 Å². The molecule has 2 rings (SSSR count). The molecule has 4 atom stereocenters. The number of anilines is 1. The van der Waals surface area contributed by atoms with Gasteiger partial charge in [-0.05, 0) is 56.2 Å². The molecular weight excluding hydrogens is 572 g/mol. The molecule has 1 aliphatic heterocycles. The zero-order valence-electron chi connectivity index (χ0n) is 25.9. The lowest BCUT2D eigenvalue weighted by Gasteiger charge is -2.36. The average Bonchev–Trinajstić information content (AvgIpc) is 2.99. The van der Waals surface area contributed by atoms with Crippen molar-refractivity contribution in [1.82, 2.24) is 20.9 Å². The van der Waals surface area contributed by atoms with Gasteiger partial charge in [-0.25, -0.2) is 4.79 Å². The minimum atomic E-state index is -1.04. The number of esters is 1. The Hall–Kier alpha value is -4.20. The first-order chi connectivity index (χ1) is 20.9. The number of nitrogens with one attached hydrogen (secondary N) is 4. The van der Waals surface area contributed by atoms with Crippen molar-refractivity contribution in [3.63, 3.8) is 0 Å². The molecule has 0 saturated carbocycles. The highest BCUT2D eigenvalue weighted by Crippen LogP contribution is 2.24. The molecular formula is C30H46N6O8. The van der Waals surface area contributed by atoms with Gasteiger partial charge in [-0.1, -0.05) is 26.0 Å². The van der Waals surface area contributed by atoms with E-state index in [9.17, 15) is 33.9 Å². The first-order valence-corrected chi connectivity index (χ1v) is 14.9. The number of hydrogen-bond acceptors (Lipinski definition) is 9. The molecule has 1 aliphatic rings. The van der Waals surface area contributed by atoms with E-state index >= 15 is 0 Å². The van der Waals surface area contributed by atoms with Crippen LogP contribution in [0.15, 0.2) is 24.3 Å². The first-order valence-electron chi connectivity index (χ1n) is 14.9. The van der Waals surface area contributed by atoms with Gasteiger partial charge in [0.15, 0.2) is 0 Å². The third-order valence-electron chi connectivity index (χ3n) is 7.57. The van der Waals surface area contributed by atoms with Crippen molar-refractivity contribution < 1.29 is 38.6 Å². The number of imide groups is 1. The summed E-state index contributed by atoms with van der Waals surface area (Å²) in [5, 5.41) is 19.9. The maximum Gasteiger partial charge on any atom is 0.312 e. The van der Waals surface area contributed by atoms with Gasteiger partial charge in [0.1, 0.15) is 12.1 Å². The normalized spacial score (nSPS) is 17.6. The second-order valence-corrected chi connectivity index (χ2v) is 11.3. The number of aliphatic hydroxyl groups is 1. The lowest BCUT2D eigenvalue weighted by molar-refractivity contribution is -0.150. The number of benzene rings is 1. The van der Waals surface area contributed by atoms with Crippen LogP contribution in [-0.4, -0.2) is 84.0 Å². The zero-order valence-corrected chi connectivity index (χ0v) is 25.9. The highest BCUT2D eigenvalue weighted by molar-refractivity contribution is 6.00. The van der Waals surface area contributed by atoms with Crippen molar-refractivity contribution in [2.75, 3.05) is 25.5 Å².